The van der Waals surface area contributed by atoms with Crippen molar-refractivity contribution in [3.63, 3.8) is 0 Å². The Labute approximate surface area is 199 Å². The van der Waals surface area contributed by atoms with Gasteiger partial charge in [-0.15, -0.1) is 0 Å². The molecule has 4 nitrogen and oxygen atoms in total. The molecule has 1 N–H and O–H groups in total. The van der Waals surface area contributed by atoms with E-state index in [9.17, 15) is 9.18 Å². The number of amides is 1. The summed E-state index contributed by atoms with van der Waals surface area (Å²) in [6, 6.07) is 26.0. The molecule has 0 aliphatic carbocycles. The molecule has 4 aromatic carbocycles. The zero-order valence-electron chi connectivity index (χ0n) is 17.1. The molecule has 0 aliphatic rings. The van der Waals surface area contributed by atoms with Crippen LogP contribution in [0.5, 0.6) is 5.75 Å². The van der Waals surface area contributed by atoms with Crippen LogP contribution < -0.4 is 10.2 Å². The average Bonchev–Trinajstić information content (AvgIpc) is 2.80. The molecule has 6 heteroatoms. The van der Waals surface area contributed by atoms with Crippen LogP contribution in [0, 0.1) is 9.39 Å². The molecule has 0 atom stereocenters. The normalized spacial score (nSPS) is 11.1. The van der Waals surface area contributed by atoms with Gasteiger partial charge in [-0.1, -0.05) is 54.6 Å². The van der Waals surface area contributed by atoms with Crippen LogP contribution in [0.1, 0.15) is 16.7 Å². The van der Waals surface area contributed by atoms with Crippen molar-refractivity contribution in [2.45, 2.75) is 13.0 Å². The van der Waals surface area contributed by atoms with Crippen molar-refractivity contribution in [2.75, 3.05) is 0 Å². The number of ether oxygens (including phenoxy) is 1. The lowest BCUT2D eigenvalue weighted by Crippen LogP contribution is -2.19. The van der Waals surface area contributed by atoms with Crippen LogP contribution in [0.4, 0.5) is 4.39 Å². The van der Waals surface area contributed by atoms with Gasteiger partial charge >= 0.3 is 0 Å². The SMILES string of the molecule is O=C(Cc1ccc(F)cc1)N/N=C/c1ccc(OCc2cccc3ccccc23)c(I)c1. The Morgan fingerprint density at radius 2 is 1.78 bits per heavy atom. The lowest BCUT2D eigenvalue weighted by atomic mass is 10.1. The van der Waals surface area contributed by atoms with Gasteiger partial charge in [-0.25, -0.2) is 9.82 Å². The second kappa shape index (κ2) is 10.4. The van der Waals surface area contributed by atoms with Gasteiger partial charge in [0, 0.05) is 0 Å². The zero-order chi connectivity index (χ0) is 22.3. The van der Waals surface area contributed by atoms with Gasteiger partial charge < -0.3 is 4.74 Å². The maximum absolute atomic E-state index is 12.9. The maximum Gasteiger partial charge on any atom is 0.244 e. The summed E-state index contributed by atoms with van der Waals surface area (Å²) in [4.78, 5) is 12.0. The van der Waals surface area contributed by atoms with E-state index in [2.05, 4.69) is 57.4 Å². The quantitative estimate of drug-likeness (QED) is 0.182. The Bertz CT molecular complexity index is 1270. The predicted octanol–water partition coefficient (Wildman–Crippen LogP) is 5.86. The van der Waals surface area contributed by atoms with Gasteiger partial charge in [0.2, 0.25) is 5.91 Å². The number of halogens is 2. The first-order chi connectivity index (χ1) is 15.6. The second-order valence-electron chi connectivity index (χ2n) is 7.21. The molecule has 0 saturated heterocycles. The number of nitrogens with one attached hydrogen (secondary N) is 1. The van der Waals surface area contributed by atoms with E-state index in [0.29, 0.717) is 6.61 Å². The van der Waals surface area contributed by atoms with Crippen molar-refractivity contribution in [3.8, 4) is 5.75 Å². The van der Waals surface area contributed by atoms with E-state index in [-0.39, 0.29) is 18.1 Å². The highest BCUT2D eigenvalue weighted by molar-refractivity contribution is 14.1. The minimum atomic E-state index is -0.327. The summed E-state index contributed by atoms with van der Waals surface area (Å²) in [7, 11) is 0. The number of rotatable bonds is 7. The number of carbonyl (C=O) groups is 1. The predicted molar refractivity (Wildman–Crippen MR) is 133 cm³/mol. The van der Waals surface area contributed by atoms with Gasteiger partial charge in [-0.05, 0) is 80.4 Å². The third kappa shape index (κ3) is 5.70. The van der Waals surface area contributed by atoms with E-state index in [1.54, 1.807) is 18.3 Å². The van der Waals surface area contributed by atoms with Crippen LogP contribution in [0.15, 0.2) is 90.0 Å². The standard InChI is InChI=1S/C26H20FIN2O2/c27-22-11-8-18(9-12-22)15-26(31)30-29-16-19-10-13-25(24(28)14-19)32-17-21-6-3-5-20-4-1-2-7-23(20)21/h1-14,16H,15,17H2,(H,30,31)/b29-16+. The maximum atomic E-state index is 12.9. The first kappa shape index (κ1) is 22.0. The minimum absolute atomic E-state index is 0.135. The fourth-order valence-corrected chi connectivity index (χ4v) is 3.99. The highest BCUT2D eigenvalue weighted by atomic mass is 127. The van der Waals surface area contributed by atoms with Crippen LogP contribution in [-0.2, 0) is 17.8 Å². The van der Waals surface area contributed by atoms with E-state index in [4.69, 9.17) is 4.74 Å². The third-order valence-corrected chi connectivity index (χ3v) is 5.74. The third-order valence-electron chi connectivity index (χ3n) is 4.90. The van der Waals surface area contributed by atoms with Crippen LogP contribution in [0.25, 0.3) is 10.8 Å². The number of hydrazone groups is 1. The second-order valence-corrected chi connectivity index (χ2v) is 8.38. The number of hydrogen-bond acceptors (Lipinski definition) is 3. The smallest absolute Gasteiger partial charge is 0.244 e. The van der Waals surface area contributed by atoms with E-state index in [0.717, 1.165) is 26.0 Å². The van der Waals surface area contributed by atoms with Crippen LogP contribution in [0.3, 0.4) is 0 Å². The Morgan fingerprint density at radius 3 is 2.59 bits per heavy atom. The van der Waals surface area contributed by atoms with Crippen LogP contribution in [-0.4, -0.2) is 12.1 Å². The van der Waals surface area contributed by atoms with E-state index in [1.165, 1.54) is 22.9 Å². The van der Waals surface area contributed by atoms with E-state index >= 15 is 0 Å². The van der Waals surface area contributed by atoms with Crippen molar-refractivity contribution < 1.29 is 13.9 Å². The highest BCUT2D eigenvalue weighted by Gasteiger charge is 2.06. The van der Waals surface area contributed by atoms with Gasteiger partial charge in [-0.3, -0.25) is 4.79 Å². The molecule has 4 aromatic rings. The van der Waals surface area contributed by atoms with Crippen molar-refractivity contribution in [3.05, 3.63) is 111 Å². The van der Waals surface area contributed by atoms with Gasteiger partial charge in [0.05, 0.1) is 16.2 Å². The number of carbonyl (C=O) groups excluding carboxylic acids is 1. The summed E-state index contributed by atoms with van der Waals surface area (Å²) in [5.41, 5.74) is 5.19. The lowest BCUT2D eigenvalue weighted by Gasteiger charge is -2.11. The Balaban J connectivity index is 1.34. The van der Waals surface area contributed by atoms with Gasteiger partial charge in [0.15, 0.2) is 0 Å². The zero-order valence-corrected chi connectivity index (χ0v) is 19.3. The first-order valence-electron chi connectivity index (χ1n) is 10.0. The topological polar surface area (TPSA) is 50.7 Å². The molecule has 0 aliphatic heterocycles. The molecular weight excluding hydrogens is 518 g/mol. The summed E-state index contributed by atoms with van der Waals surface area (Å²) in [5, 5.41) is 6.39. The van der Waals surface area contributed by atoms with Gasteiger partial charge in [0.1, 0.15) is 18.2 Å². The van der Waals surface area contributed by atoms with Gasteiger partial charge in [-0.2, -0.15) is 5.10 Å². The molecule has 32 heavy (non-hydrogen) atoms. The summed E-state index contributed by atoms with van der Waals surface area (Å²) >= 11 is 2.22. The highest BCUT2D eigenvalue weighted by Crippen LogP contribution is 2.25. The Hall–Kier alpha value is -3.26. The molecule has 0 aromatic heterocycles. The monoisotopic (exact) mass is 538 g/mol. The number of benzene rings is 4. The molecule has 0 bridgehead atoms. The van der Waals surface area contributed by atoms with Crippen molar-refractivity contribution >= 4 is 45.5 Å². The summed E-state index contributed by atoms with van der Waals surface area (Å²) < 4.78 is 19.9. The van der Waals surface area contributed by atoms with Crippen molar-refractivity contribution in [2.24, 2.45) is 5.10 Å². The molecule has 1 amide bonds. The molecule has 0 heterocycles. The first-order valence-corrected chi connectivity index (χ1v) is 11.1. The minimum Gasteiger partial charge on any atom is -0.488 e. The molecule has 0 spiro atoms. The number of hydrogen-bond donors (Lipinski definition) is 1. The largest absolute Gasteiger partial charge is 0.488 e. The molecule has 0 unspecified atom stereocenters. The molecular formula is C26H20FIN2O2. The van der Waals surface area contributed by atoms with Crippen molar-refractivity contribution in [1.29, 1.82) is 0 Å². The Kier molecular flexibility index (Phi) is 7.11. The summed E-state index contributed by atoms with van der Waals surface area (Å²) in [6.45, 7) is 0.476. The average molecular weight is 538 g/mol. The Morgan fingerprint density at radius 1 is 1.00 bits per heavy atom. The fourth-order valence-electron chi connectivity index (χ4n) is 3.29. The molecule has 0 fully saturated rings. The summed E-state index contributed by atoms with van der Waals surface area (Å²) in [5.74, 6) is 0.194. The molecule has 0 saturated carbocycles. The molecule has 4 rings (SSSR count). The van der Waals surface area contributed by atoms with E-state index in [1.807, 2.05) is 36.4 Å². The fraction of sp³-hybridized carbons (Fsp3) is 0.0769. The summed E-state index contributed by atoms with van der Waals surface area (Å²) in [6.07, 6.45) is 1.72. The van der Waals surface area contributed by atoms with Crippen molar-refractivity contribution in [1.82, 2.24) is 5.43 Å². The lowest BCUT2D eigenvalue weighted by molar-refractivity contribution is -0.120. The van der Waals surface area contributed by atoms with Crippen LogP contribution >= 0.6 is 22.6 Å². The van der Waals surface area contributed by atoms with Crippen LogP contribution in [0.2, 0.25) is 0 Å². The molecule has 160 valence electrons. The molecule has 0 radical (unpaired) electrons. The number of nitrogens with zero attached hydrogens (tertiary/aromatic N) is 1. The van der Waals surface area contributed by atoms with E-state index < -0.39 is 0 Å². The number of fused-ring (bicyclic) bond motifs is 1. The van der Waals surface area contributed by atoms with Gasteiger partial charge in [0.25, 0.3) is 0 Å².